The van der Waals surface area contributed by atoms with Gasteiger partial charge in [-0.05, 0) is 85.3 Å². The molecule has 0 saturated carbocycles. The van der Waals surface area contributed by atoms with E-state index in [0.29, 0.717) is 0 Å². The van der Waals surface area contributed by atoms with Crippen LogP contribution >= 0.6 is 11.8 Å². The summed E-state index contributed by atoms with van der Waals surface area (Å²) in [4.78, 5) is 2.68. The summed E-state index contributed by atoms with van der Waals surface area (Å²) in [5.41, 5.74) is 13.3. The minimum absolute atomic E-state index is 0.0183. The first-order valence-electron chi connectivity index (χ1n) is 13.3. The Bertz CT molecular complexity index is 1900. The summed E-state index contributed by atoms with van der Waals surface area (Å²) in [5, 5.41) is 2.69. The van der Waals surface area contributed by atoms with Gasteiger partial charge in [0.25, 0.3) is 0 Å². The Hall–Kier alpha value is -4.07. The number of hydrogen-bond acceptors (Lipinski definition) is 1. The molecule has 0 spiro atoms. The fourth-order valence-corrected chi connectivity index (χ4v) is 7.61. The molecule has 1 heteroatoms. The summed E-state index contributed by atoms with van der Waals surface area (Å²) in [5.74, 6) is 0. The number of hydrogen-bond donors (Lipinski definition) is 0. The van der Waals surface area contributed by atoms with Gasteiger partial charge in [0.1, 0.15) is 0 Å². The third-order valence-electron chi connectivity index (χ3n) is 8.49. The molecular formula is C37H26S. The van der Waals surface area contributed by atoms with E-state index in [-0.39, 0.29) is 5.41 Å². The van der Waals surface area contributed by atoms with E-state index >= 15 is 0 Å². The first-order chi connectivity index (χ1) is 18.6. The van der Waals surface area contributed by atoms with Gasteiger partial charge in [-0.2, -0.15) is 0 Å². The second-order valence-electron chi connectivity index (χ2n) is 11.0. The van der Waals surface area contributed by atoms with E-state index in [1.54, 1.807) is 0 Å². The molecule has 1 heterocycles. The average molecular weight is 503 g/mol. The third-order valence-corrected chi connectivity index (χ3v) is 9.63. The summed E-state index contributed by atoms with van der Waals surface area (Å²) in [6.07, 6.45) is 0. The van der Waals surface area contributed by atoms with Crippen LogP contribution in [0.15, 0.2) is 131 Å². The first-order valence-corrected chi connectivity index (χ1v) is 14.1. The Morgan fingerprint density at radius 3 is 1.89 bits per heavy atom. The van der Waals surface area contributed by atoms with Gasteiger partial charge < -0.3 is 0 Å². The summed E-state index contributed by atoms with van der Waals surface area (Å²) in [6.45, 7) is 4.69. The molecule has 180 valence electrons. The van der Waals surface area contributed by atoms with Crippen molar-refractivity contribution >= 4 is 22.5 Å². The minimum Gasteiger partial charge on any atom is -0.0888 e. The summed E-state index contributed by atoms with van der Waals surface area (Å²) < 4.78 is 0. The summed E-state index contributed by atoms with van der Waals surface area (Å²) in [7, 11) is 0. The summed E-state index contributed by atoms with van der Waals surface area (Å²) in [6, 6.07) is 45.1. The second-order valence-corrected chi connectivity index (χ2v) is 12.1. The van der Waals surface area contributed by atoms with Crippen LogP contribution in [0.2, 0.25) is 0 Å². The lowest BCUT2D eigenvalue weighted by molar-refractivity contribution is 0.660. The Morgan fingerprint density at radius 1 is 0.447 bits per heavy atom. The molecule has 0 saturated heterocycles. The highest BCUT2D eigenvalue weighted by Crippen LogP contribution is 2.50. The summed E-state index contributed by atoms with van der Waals surface area (Å²) >= 11 is 1.88. The van der Waals surface area contributed by atoms with E-state index in [9.17, 15) is 0 Å². The van der Waals surface area contributed by atoms with E-state index in [0.717, 1.165) is 0 Å². The maximum atomic E-state index is 2.40. The van der Waals surface area contributed by atoms with E-state index in [1.165, 1.54) is 76.2 Å². The number of rotatable bonds is 2. The SMILES string of the molecule is CC1(C)c2ccccc2-c2ccc(-c3ccc(-c4ccc5c(c4)-c4cccc6cccc(c46)S5)cc3)cc21. The molecule has 0 N–H and O–H groups in total. The lowest BCUT2D eigenvalue weighted by Gasteiger charge is -2.22. The van der Waals surface area contributed by atoms with Crippen LogP contribution in [0.4, 0.5) is 0 Å². The van der Waals surface area contributed by atoms with Gasteiger partial charge in [-0.15, -0.1) is 0 Å². The van der Waals surface area contributed by atoms with Crippen molar-refractivity contribution in [1.29, 1.82) is 0 Å². The molecule has 2 aliphatic rings. The molecule has 0 fully saturated rings. The van der Waals surface area contributed by atoms with Gasteiger partial charge in [0.2, 0.25) is 0 Å². The van der Waals surface area contributed by atoms with Crippen LogP contribution in [0, 0.1) is 0 Å². The zero-order valence-corrected chi connectivity index (χ0v) is 22.3. The first kappa shape index (κ1) is 22.0. The van der Waals surface area contributed by atoms with Crippen molar-refractivity contribution in [1.82, 2.24) is 0 Å². The van der Waals surface area contributed by atoms with Crippen molar-refractivity contribution < 1.29 is 0 Å². The van der Waals surface area contributed by atoms with Crippen LogP contribution in [0.25, 0.3) is 55.3 Å². The Labute approximate surface area is 228 Å². The van der Waals surface area contributed by atoms with Crippen molar-refractivity contribution in [2.24, 2.45) is 0 Å². The van der Waals surface area contributed by atoms with Crippen LogP contribution < -0.4 is 0 Å². The van der Waals surface area contributed by atoms with Gasteiger partial charge in [-0.1, -0.05) is 123 Å². The molecule has 6 aromatic carbocycles. The van der Waals surface area contributed by atoms with E-state index in [4.69, 9.17) is 0 Å². The number of benzene rings is 6. The number of fused-ring (bicyclic) bond motifs is 5. The van der Waals surface area contributed by atoms with Crippen molar-refractivity contribution in [3.63, 3.8) is 0 Å². The second kappa shape index (κ2) is 7.96. The van der Waals surface area contributed by atoms with E-state index in [1.807, 2.05) is 11.8 Å². The third kappa shape index (κ3) is 3.12. The maximum Gasteiger partial charge on any atom is 0.0207 e. The molecule has 1 aliphatic carbocycles. The minimum atomic E-state index is 0.0183. The Balaban J connectivity index is 1.16. The fourth-order valence-electron chi connectivity index (χ4n) is 6.48. The van der Waals surface area contributed by atoms with Crippen LogP contribution in [0.3, 0.4) is 0 Å². The quantitative estimate of drug-likeness (QED) is 0.226. The highest BCUT2D eigenvalue weighted by Gasteiger charge is 2.35. The normalized spacial score (nSPS) is 14.2. The molecule has 0 bridgehead atoms. The van der Waals surface area contributed by atoms with Gasteiger partial charge in [-0.3, -0.25) is 0 Å². The predicted octanol–water partition coefficient (Wildman–Crippen LogP) is 10.6. The molecule has 8 rings (SSSR count). The van der Waals surface area contributed by atoms with E-state index in [2.05, 4.69) is 135 Å². The zero-order valence-electron chi connectivity index (χ0n) is 21.5. The van der Waals surface area contributed by atoms with Gasteiger partial charge in [0.05, 0.1) is 0 Å². The average Bonchev–Trinajstić information content (AvgIpc) is 3.19. The van der Waals surface area contributed by atoms with Gasteiger partial charge >= 0.3 is 0 Å². The molecule has 1 aliphatic heterocycles. The maximum absolute atomic E-state index is 2.40. The van der Waals surface area contributed by atoms with Gasteiger partial charge in [0.15, 0.2) is 0 Å². The molecule has 0 aromatic heterocycles. The monoisotopic (exact) mass is 502 g/mol. The molecule has 0 amide bonds. The fraction of sp³-hybridized carbons (Fsp3) is 0.0811. The van der Waals surface area contributed by atoms with Gasteiger partial charge in [-0.25, -0.2) is 0 Å². The predicted molar refractivity (Wildman–Crippen MR) is 162 cm³/mol. The molecule has 0 nitrogen and oxygen atoms in total. The van der Waals surface area contributed by atoms with Crippen molar-refractivity contribution in [2.75, 3.05) is 0 Å². The topological polar surface area (TPSA) is 0 Å². The highest BCUT2D eigenvalue weighted by molar-refractivity contribution is 7.99. The Kier molecular flexibility index (Phi) is 4.60. The molecule has 0 atom stereocenters. The standard InChI is InChI=1S/C37H26S/c1-37(2)32-11-4-3-9-28(32)29-19-17-27(22-33(29)37)24-15-13-23(14-16-24)26-18-20-34-31(21-26)30-10-5-7-25-8-6-12-35(38-34)36(25)30/h3-22H,1-2H3. The smallest absolute Gasteiger partial charge is 0.0207 e. The molecule has 0 unspecified atom stereocenters. The largest absolute Gasteiger partial charge is 0.0888 e. The van der Waals surface area contributed by atoms with Crippen molar-refractivity contribution in [2.45, 2.75) is 29.1 Å². The highest BCUT2D eigenvalue weighted by atomic mass is 32.2. The van der Waals surface area contributed by atoms with E-state index < -0.39 is 0 Å². The molecule has 0 radical (unpaired) electrons. The van der Waals surface area contributed by atoms with Crippen LogP contribution in [0.5, 0.6) is 0 Å². The van der Waals surface area contributed by atoms with Crippen LogP contribution in [-0.4, -0.2) is 0 Å². The van der Waals surface area contributed by atoms with Crippen LogP contribution in [0.1, 0.15) is 25.0 Å². The van der Waals surface area contributed by atoms with Gasteiger partial charge in [0, 0.05) is 20.6 Å². The zero-order chi connectivity index (χ0) is 25.4. The molecule has 6 aromatic rings. The van der Waals surface area contributed by atoms with Crippen LogP contribution in [-0.2, 0) is 5.41 Å². The molecular weight excluding hydrogens is 476 g/mol. The van der Waals surface area contributed by atoms with Crippen molar-refractivity contribution in [3.05, 3.63) is 132 Å². The lowest BCUT2D eigenvalue weighted by Crippen LogP contribution is -2.14. The Morgan fingerprint density at radius 2 is 1.08 bits per heavy atom. The molecule has 38 heavy (non-hydrogen) atoms. The lowest BCUT2D eigenvalue weighted by atomic mass is 9.81. The van der Waals surface area contributed by atoms with Crippen molar-refractivity contribution in [3.8, 4) is 44.5 Å².